The van der Waals surface area contributed by atoms with Crippen LogP contribution >= 0.6 is 0 Å². The van der Waals surface area contributed by atoms with E-state index in [1.165, 1.54) is 4.90 Å². The molecule has 2 aliphatic rings. The van der Waals surface area contributed by atoms with E-state index in [9.17, 15) is 22.8 Å². The molecule has 0 N–H and O–H groups in total. The number of nitrogens with zero attached hydrogens (tertiary/aromatic N) is 3. The van der Waals surface area contributed by atoms with Crippen LogP contribution in [0.3, 0.4) is 0 Å². The number of piperidine rings is 1. The number of hydrogen-bond donors (Lipinski definition) is 0. The zero-order chi connectivity index (χ0) is 18.4. The molecule has 3 rings (SSSR count). The van der Waals surface area contributed by atoms with Gasteiger partial charge in [-0.3, -0.25) is 9.59 Å². The van der Waals surface area contributed by atoms with Gasteiger partial charge < -0.3 is 14.4 Å². The number of hydrogen-bond acceptors (Lipinski definition) is 3. The Balaban J connectivity index is 1.83. The van der Waals surface area contributed by atoms with Crippen molar-refractivity contribution < 1.29 is 18.0 Å². The second-order valence-corrected chi connectivity index (χ2v) is 7.33. The van der Waals surface area contributed by atoms with Crippen molar-refractivity contribution in [3.8, 4) is 0 Å². The van der Waals surface area contributed by atoms with E-state index < -0.39 is 18.5 Å². The van der Waals surface area contributed by atoms with Gasteiger partial charge in [-0.25, -0.2) is 0 Å². The molecule has 2 atom stereocenters. The van der Waals surface area contributed by atoms with Crippen LogP contribution in [-0.4, -0.2) is 53.6 Å². The van der Waals surface area contributed by atoms with Gasteiger partial charge in [-0.2, -0.15) is 13.2 Å². The molecule has 25 heavy (non-hydrogen) atoms. The lowest BCUT2D eigenvalue weighted by Crippen LogP contribution is -2.50. The van der Waals surface area contributed by atoms with Crippen LogP contribution in [0.4, 0.5) is 13.2 Å². The maximum absolute atomic E-state index is 12.7. The first-order valence-electron chi connectivity index (χ1n) is 8.36. The summed E-state index contributed by atoms with van der Waals surface area (Å²) in [6, 6.07) is 3.68. The SMILES string of the molecule is CN(C)Cc1ccc2n(c1=O)C[C@H]1C[C@@H]2CN(C(=O)CC(F)(F)F)C1. The van der Waals surface area contributed by atoms with Gasteiger partial charge in [-0.15, -0.1) is 0 Å². The van der Waals surface area contributed by atoms with E-state index >= 15 is 0 Å². The van der Waals surface area contributed by atoms with Gasteiger partial charge in [0.25, 0.3) is 5.56 Å². The fourth-order valence-electron chi connectivity index (χ4n) is 3.94. The summed E-state index contributed by atoms with van der Waals surface area (Å²) in [4.78, 5) is 27.9. The number of carbonyl (C=O) groups is 1. The third-order valence-corrected chi connectivity index (χ3v) is 4.87. The number of aromatic nitrogens is 1. The average Bonchev–Trinajstić information content (AvgIpc) is 2.48. The predicted molar refractivity (Wildman–Crippen MR) is 86.2 cm³/mol. The van der Waals surface area contributed by atoms with Crippen molar-refractivity contribution in [2.75, 3.05) is 27.2 Å². The smallest absolute Gasteiger partial charge is 0.341 e. The Bertz CT molecular complexity index is 727. The Morgan fingerprint density at radius 1 is 1.24 bits per heavy atom. The quantitative estimate of drug-likeness (QED) is 0.829. The molecule has 0 spiro atoms. The molecule has 1 amide bonds. The van der Waals surface area contributed by atoms with Gasteiger partial charge in [0, 0.05) is 43.4 Å². The van der Waals surface area contributed by atoms with Crippen LogP contribution in [-0.2, 0) is 17.9 Å². The molecular weight excluding hydrogens is 335 g/mol. The maximum atomic E-state index is 12.7. The van der Waals surface area contributed by atoms with Gasteiger partial charge >= 0.3 is 6.18 Å². The van der Waals surface area contributed by atoms with Gasteiger partial charge in [0.1, 0.15) is 6.42 Å². The van der Waals surface area contributed by atoms with E-state index in [2.05, 4.69) is 0 Å². The monoisotopic (exact) mass is 357 g/mol. The molecule has 0 unspecified atom stereocenters. The van der Waals surface area contributed by atoms with Crippen molar-refractivity contribution in [3.05, 3.63) is 33.7 Å². The summed E-state index contributed by atoms with van der Waals surface area (Å²) in [7, 11) is 3.78. The molecule has 1 aromatic rings. The lowest BCUT2D eigenvalue weighted by atomic mass is 9.83. The molecule has 2 aliphatic heterocycles. The fraction of sp³-hybridized carbons (Fsp3) is 0.647. The first-order chi connectivity index (χ1) is 11.6. The Hall–Kier alpha value is -1.83. The van der Waals surface area contributed by atoms with Crippen molar-refractivity contribution in [1.82, 2.24) is 14.4 Å². The Labute approximate surface area is 144 Å². The zero-order valence-electron chi connectivity index (χ0n) is 14.3. The first-order valence-corrected chi connectivity index (χ1v) is 8.36. The number of rotatable bonds is 3. The molecule has 1 saturated heterocycles. The van der Waals surface area contributed by atoms with Crippen LogP contribution in [0.25, 0.3) is 0 Å². The summed E-state index contributed by atoms with van der Waals surface area (Å²) in [5.74, 6) is -0.927. The minimum absolute atomic E-state index is 0.0238. The van der Waals surface area contributed by atoms with Gasteiger partial charge in [0.2, 0.25) is 5.91 Å². The molecule has 138 valence electrons. The summed E-state index contributed by atoms with van der Waals surface area (Å²) < 4.78 is 39.2. The normalized spacial score (nSPS) is 22.9. The minimum atomic E-state index is -4.49. The van der Waals surface area contributed by atoms with Crippen molar-refractivity contribution in [2.24, 2.45) is 5.92 Å². The van der Waals surface area contributed by atoms with Crippen LogP contribution < -0.4 is 5.56 Å². The molecule has 5 nitrogen and oxygen atoms in total. The van der Waals surface area contributed by atoms with Crippen LogP contribution in [0.2, 0.25) is 0 Å². The standard InChI is InChI=1S/C17H22F3N3O2/c1-21(2)9-12-3-4-14-13-5-11(8-23(14)16(12)25)7-22(10-13)15(24)6-17(18,19)20/h3-4,11,13H,5-10H2,1-2H3/t11-,13+/m0/s1. The summed E-state index contributed by atoms with van der Waals surface area (Å²) in [5, 5.41) is 0. The number of amides is 1. The van der Waals surface area contributed by atoms with E-state index in [0.29, 0.717) is 18.7 Å². The molecule has 2 bridgehead atoms. The third-order valence-electron chi connectivity index (χ3n) is 4.87. The highest BCUT2D eigenvalue weighted by Gasteiger charge is 2.40. The molecule has 1 aromatic heterocycles. The van der Waals surface area contributed by atoms with Crippen molar-refractivity contribution in [1.29, 1.82) is 0 Å². The van der Waals surface area contributed by atoms with E-state index in [4.69, 9.17) is 0 Å². The number of likely N-dealkylation sites (tertiary alicyclic amines) is 1. The highest BCUT2D eigenvalue weighted by Crippen LogP contribution is 2.36. The summed E-state index contributed by atoms with van der Waals surface area (Å²) in [6.07, 6.45) is -5.09. The Kier molecular flexibility index (Phi) is 4.66. The van der Waals surface area contributed by atoms with Crippen molar-refractivity contribution in [3.63, 3.8) is 0 Å². The second kappa shape index (κ2) is 6.48. The lowest BCUT2D eigenvalue weighted by molar-refractivity contribution is -0.163. The molecule has 0 radical (unpaired) electrons. The summed E-state index contributed by atoms with van der Waals surface area (Å²) >= 11 is 0. The molecule has 0 aliphatic carbocycles. The fourth-order valence-corrected chi connectivity index (χ4v) is 3.94. The molecule has 1 fully saturated rings. The van der Waals surface area contributed by atoms with Gasteiger partial charge in [-0.05, 0) is 32.5 Å². The maximum Gasteiger partial charge on any atom is 0.397 e. The number of halogens is 3. The zero-order valence-corrected chi connectivity index (χ0v) is 14.3. The van der Waals surface area contributed by atoms with E-state index in [-0.39, 0.29) is 30.5 Å². The number of fused-ring (bicyclic) bond motifs is 4. The van der Waals surface area contributed by atoms with Crippen LogP contribution in [0, 0.1) is 5.92 Å². The highest BCUT2D eigenvalue weighted by atomic mass is 19.4. The van der Waals surface area contributed by atoms with E-state index in [0.717, 1.165) is 12.1 Å². The van der Waals surface area contributed by atoms with Crippen molar-refractivity contribution in [2.45, 2.75) is 38.0 Å². The molecule has 3 heterocycles. The molecule has 8 heteroatoms. The highest BCUT2D eigenvalue weighted by molar-refractivity contribution is 5.77. The number of carbonyl (C=O) groups excluding carboxylic acids is 1. The van der Waals surface area contributed by atoms with Gasteiger partial charge in [0.15, 0.2) is 0 Å². The first kappa shape index (κ1) is 18.0. The van der Waals surface area contributed by atoms with Crippen LogP contribution in [0.1, 0.15) is 30.0 Å². The molecule has 0 saturated carbocycles. The van der Waals surface area contributed by atoms with Crippen molar-refractivity contribution >= 4 is 5.91 Å². The largest absolute Gasteiger partial charge is 0.397 e. The van der Waals surface area contributed by atoms with Crippen LogP contribution in [0.5, 0.6) is 0 Å². The molecule has 0 aromatic carbocycles. The molecular formula is C17H22F3N3O2. The second-order valence-electron chi connectivity index (χ2n) is 7.33. The predicted octanol–water partition coefficient (Wildman–Crippen LogP) is 1.81. The van der Waals surface area contributed by atoms with Crippen LogP contribution in [0.15, 0.2) is 16.9 Å². The Morgan fingerprint density at radius 3 is 2.60 bits per heavy atom. The van der Waals surface area contributed by atoms with E-state index in [1.807, 2.05) is 25.1 Å². The number of pyridine rings is 1. The summed E-state index contributed by atoms with van der Waals surface area (Å²) in [5.41, 5.74) is 1.50. The van der Waals surface area contributed by atoms with Gasteiger partial charge in [-0.1, -0.05) is 6.07 Å². The number of alkyl halides is 3. The van der Waals surface area contributed by atoms with Gasteiger partial charge in [0.05, 0.1) is 0 Å². The van der Waals surface area contributed by atoms with E-state index in [1.54, 1.807) is 10.6 Å². The average molecular weight is 357 g/mol. The minimum Gasteiger partial charge on any atom is -0.341 e. The lowest BCUT2D eigenvalue weighted by Gasteiger charge is -2.43. The summed E-state index contributed by atoms with van der Waals surface area (Å²) in [6.45, 7) is 1.54. The Morgan fingerprint density at radius 2 is 1.96 bits per heavy atom. The topological polar surface area (TPSA) is 45.6 Å². The third kappa shape index (κ3) is 3.89.